The van der Waals surface area contributed by atoms with Crippen molar-refractivity contribution in [1.82, 2.24) is 0 Å². The van der Waals surface area contributed by atoms with Gasteiger partial charge in [-0.2, -0.15) is 0 Å². The predicted molar refractivity (Wildman–Crippen MR) is 62.6 cm³/mol. The Balaban J connectivity index is 2.22. The third-order valence-electron chi connectivity index (χ3n) is 2.91. The molecular formula is C13H13F2NO2. The van der Waals surface area contributed by atoms with Crippen LogP contribution in [0.3, 0.4) is 0 Å². The molecule has 1 aliphatic heterocycles. The van der Waals surface area contributed by atoms with Gasteiger partial charge in [0.2, 0.25) is 0 Å². The van der Waals surface area contributed by atoms with E-state index in [1.54, 1.807) is 13.1 Å². The first-order valence-electron chi connectivity index (χ1n) is 5.76. The van der Waals surface area contributed by atoms with Gasteiger partial charge in [0, 0.05) is 12.1 Å². The second-order valence-corrected chi connectivity index (χ2v) is 4.04. The van der Waals surface area contributed by atoms with Gasteiger partial charge in [-0.1, -0.05) is 6.07 Å². The van der Waals surface area contributed by atoms with E-state index in [0.29, 0.717) is 12.0 Å². The molecular weight excluding hydrogens is 240 g/mol. The van der Waals surface area contributed by atoms with Crippen LogP contribution < -0.4 is 0 Å². The van der Waals surface area contributed by atoms with E-state index in [1.807, 2.05) is 0 Å². The van der Waals surface area contributed by atoms with E-state index in [9.17, 15) is 13.6 Å². The van der Waals surface area contributed by atoms with Gasteiger partial charge in [-0.15, -0.1) is 0 Å². The highest BCUT2D eigenvalue weighted by Crippen LogP contribution is 2.30. The van der Waals surface area contributed by atoms with Crippen molar-refractivity contribution in [2.75, 3.05) is 6.61 Å². The number of carbonyl (C=O) groups is 1. The van der Waals surface area contributed by atoms with Crippen molar-refractivity contribution < 1.29 is 18.3 Å². The van der Waals surface area contributed by atoms with Crippen molar-refractivity contribution in [1.29, 1.82) is 0 Å². The molecule has 0 unspecified atom stereocenters. The molecule has 18 heavy (non-hydrogen) atoms. The van der Waals surface area contributed by atoms with Crippen LogP contribution in [0.5, 0.6) is 0 Å². The van der Waals surface area contributed by atoms with Crippen LogP contribution in [-0.2, 0) is 9.53 Å². The van der Waals surface area contributed by atoms with Crippen molar-refractivity contribution in [3.05, 3.63) is 35.4 Å². The molecule has 2 atom stereocenters. The van der Waals surface area contributed by atoms with Crippen molar-refractivity contribution in [3.8, 4) is 0 Å². The zero-order valence-electron chi connectivity index (χ0n) is 9.90. The molecule has 0 fully saturated rings. The Bertz CT molecular complexity index is 488. The van der Waals surface area contributed by atoms with Gasteiger partial charge >= 0.3 is 5.97 Å². The maximum absolute atomic E-state index is 13.2. The van der Waals surface area contributed by atoms with E-state index in [2.05, 4.69) is 4.99 Å². The van der Waals surface area contributed by atoms with Crippen LogP contribution in [0.25, 0.3) is 0 Å². The smallest absolute Gasteiger partial charge is 0.331 e. The van der Waals surface area contributed by atoms with Gasteiger partial charge in [0.05, 0.1) is 6.61 Å². The molecule has 0 aromatic heterocycles. The summed E-state index contributed by atoms with van der Waals surface area (Å²) < 4.78 is 31.0. The molecule has 0 saturated heterocycles. The topological polar surface area (TPSA) is 38.7 Å². The van der Waals surface area contributed by atoms with Crippen LogP contribution in [0.1, 0.15) is 24.8 Å². The molecule has 0 radical (unpaired) electrons. The molecule has 1 heterocycles. The van der Waals surface area contributed by atoms with Crippen LogP contribution in [0.2, 0.25) is 0 Å². The van der Waals surface area contributed by atoms with Crippen molar-refractivity contribution in [3.63, 3.8) is 0 Å². The first-order chi connectivity index (χ1) is 8.63. The number of esters is 1. The summed E-state index contributed by atoms with van der Waals surface area (Å²) in [6, 6.07) is 2.99. The Kier molecular flexibility index (Phi) is 3.69. The summed E-state index contributed by atoms with van der Waals surface area (Å²) >= 11 is 0. The zero-order valence-corrected chi connectivity index (χ0v) is 9.90. The Morgan fingerprint density at radius 2 is 2.22 bits per heavy atom. The van der Waals surface area contributed by atoms with Gasteiger partial charge in [0.15, 0.2) is 17.7 Å². The Hall–Kier alpha value is -1.78. The van der Waals surface area contributed by atoms with Gasteiger partial charge in [-0.3, -0.25) is 4.99 Å². The lowest BCUT2D eigenvalue weighted by atomic mass is 9.91. The maximum atomic E-state index is 13.2. The first-order valence-corrected chi connectivity index (χ1v) is 5.76. The lowest BCUT2D eigenvalue weighted by molar-refractivity contribution is -0.144. The molecule has 5 heteroatoms. The minimum atomic E-state index is -0.915. The highest BCUT2D eigenvalue weighted by molar-refractivity contribution is 5.82. The van der Waals surface area contributed by atoms with E-state index in [4.69, 9.17) is 4.74 Å². The molecule has 96 valence electrons. The Morgan fingerprint density at radius 1 is 1.44 bits per heavy atom. The Morgan fingerprint density at radius 3 is 2.89 bits per heavy atom. The van der Waals surface area contributed by atoms with Crippen molar-refractivity contribution in [2.24, 2.45) is 4.99 Å². The highest BCUT2D eigenvalue weighted by atomic mass is 19.2. The highest BCUT2D eigenvalue weighted by Gasteiger charge is 2.33. The van der Waals surface area contributed by atoms with Crippen molar-refractivity contribution >= 4 is 12.2 Å². The summed E-state index contributed by atoms with van der Waals surface area (Å²) in [5.41, 5.74) is 0.560. The molecule has 1 aromatic rings. The number of hydrogen-bond donors (Lipinski definition) is 0. The minimum absolute atomic E-state index is 0.273. The van der Waals surface area contributed by atoms with Crippen LogP contribution in [0.15, 0.2) is 23.2 Å². The summed E-state index contributed by atoms with van der Waals surface area (Å²) in [5.74, 6) is -2.52. The van der Waals surface area contributed by atoms with Gasteiger partial charge in [-0.25, -0.2) is 13.6 Å². The number of carbonyl (C=O) groups excluding carboxylic acids is 1. The fraction of sp³-hybridized carbons (Fsp3) is 0.385. The Labute approximate surface area is 103 Å². The molecule has 3 nitrogen and oxygen atoms in total. The monoisotopic (exact) mass is 253 g/mol. The number of nitrogens with zero attached hydrogens (tertiary/aromatic N) is 1. The number of aliphatic imine (C=N–C) groups is 1. The molecule has 1 aromatic carbocycles. The van der Waals surface area contributed by atoms with E-state index >= 15 is 0 Å². The quantitative estimate of drug-likeness (QED) is 0.776. The van der Waals surface area contributed by atoms with Gasteiger partial charge < -0.3 is 4.74 Å². The average Bonchev–Trinajstić information content (AvgIpc) is 2.82. The summed E-state index contributed by atoms with van der Waals surface area (Å²) in [6.45, 7) is 1.98. The lowest BCUT2D eigenvalue weighted by Gasteiger charge is -2.17. The normalized spacial score (nSPS) is 22.2. The zero-order chi connectivity index (χ0) is 13.1. The molecule has 0 N–H and O–H groups in total. The lowest BCUT2D eigenvalue weighted by Crippen LogP contribution is -2.25. The van der Waals surface area contributed by atoms with E-state index in [0.717, 1.165) is 12.1 Å². The average molecular weight is 253 g/mol. The van der Waals surface area contributed by atoms with Crippen LogP contribution >= 0.6 is 0 Å². The number of rotatable bonds is 3. The molecule has 2 rings (SSSR count). The molecule has 0 bridgehead atoms. The first kappa shape index (κ1) is 12.7. The maximum Gasteiger partial charge on any atom is 0.331 e. The summed E-state index contributed by atoms with van der Waals surface area (Å²) in [6.07, 6.45) is 2.14. The largest absolute Gasteiger partial charge is 0.464 e. The molecule has 0 saturated carbocycles. The summed E-state index contributed by atoms with van der Waals surface area (Å²) in [7, 11) is 0. The third-order valence-corrected chi connectivity index (χ3v) is 2.91. The number of ether oxygens (including phenoxy) is 1. The summed E-state index contributed by atoms with van der Waals surface area (Å²) in [5, 5.41) is 0. The molecule has 1 aliphatic rings. The van der Waals surface area contributed by atoms with E-state index in [-0.39, 0.29) is 12.5 Å². The fourth-order valence-electron chi connectivity index (χ4n) is 2.03. The minimum Gasteiger partial charge on any atom is -0.464 e. The number of hydrogen-bond acceptors (Lipinski definition) is 3. The van der Waals surface area contributed by atoms with Gasteiger partial charge in [0.1, 0.15) is 0 Å². The molecule has 0 aliphatic carbocycles. The fourth-order valence-corrected chi connectivity index (χ4v) is 2.03. The van der Waals surface area contributed by atoms with Crippen LogP contribution in [0.4, 0.5) is 8.78 Å². The number of halogens is 2. The molecule has 0 amide bonds. The van der Waals surface area contributed by atoms with Crippen LogP contribution in [0, 0.1) is 11.6 Å². The standard InChI is InChI=1S/C13H13F2NO2/c1-2-18-13(17)12-9(5-6-16-12)8-3-4-10(14)11(15)7-8/h3-4,6-7,9,12H,2,5H2,1H3/t9-,12+/m1/s1. The van der Waals surface area contributed by atoms with E-state index in [1.165, 1.54) is 6.07 Å². The predicted octanol–water partition coefficient (Wildman–Crippen LogP) is 2.45. The number of benzene rings is 1. The molecule has 0 spiro atoms. The van der Waals surface area contributed by atoms with Gasteiger partial charge in [0.25, 0.3) is 0 Å². The second-order valence-electron chi connectivity index (χ2n) is 4.04. The van der Waals surface area contributed by atoms with E-state index < -0.39 is 23.6 Å². The SMILES string of the molecule is CCOC(=O)[C@H]1N=CC[C@@H]1c1ccc(F)c(F)c1. The van der Waals surface area contributed by atoms with Gasteiger partial charge in [-0.05, 0) is 31.0 Å². The second kappa shape index (κ2) is 5.25. The van der Waals surface area contributed by atoms with Crippen LogP contribution in [-0.4, -0.2) is 24.8 Å². The third kappa shape index (κ3) is 2.39. The van der Waals surface area contributed by atoms with Crippen molar-refractivity contribution in [2.45, 2.75) is 25.3 Å². The summed E-state index contributed by atoms with van der Waals surface area (Å²) in [4.78, 5) is 15.7.